The summed E-state index contributed by atoms with van der Waals surface area (Å²) in [6.45, 7) is 3.98. The van der Waals surface area contributed by atoms with Gasteiger partial charge in [-0.1, -0.05) is 18.6 Å². The first-order valence-electron chi connectivity index (χ1n) is 10.3. The van der Waals surface area contributed by atoms with Crippen LogP contribution in [0.1, 0.15) is 53.8 Å². The highest BCUT2D eigenvalue weighted by atomic mass is 32.2. The molecule has 31 heavy (non-hydrogen) atoms. The molecule has 0 N–H and O–H groups in total. The molecule has 2 aromatic rings. The molecule has 1 saturated heterocycles. The minimum absolute atomic E-state index is 0.00356. The van der Waals surface area contributed by atoms with Crippen LogP contribution in [-0.4, -0.2) is 50.3 Å². The number of hydrogen-bond acceptors (Lipinski definition) is 6. The minimum Gasteiger partial charge on any atom is -0.489 e. The van der Waals surface area contributed by atoms with Crippen molar-refractivity contribution < 1.29 is 27.5 Å². The number of piperidine rings is 1. The SMILES string of the molecule is CC(=O)c1ccccc1OCCOC(=O)c1ccc(S(=O)(=O)N2CCCC[C@H]2C)cc1. The third-order valence-corrected chi connectivity index (χ3v) is 7.31. The summed E-state index contributed by atoms with van der Waals surface area (Å²) in [4.78, 5) is 24.0. The van der Waals surface area contributed by atoms with E-state index in [1.165, 1.54) is 35.5 Å². The summed E-state index contributed by atoms with van der Waals surface area (Å²) in [6, 6.07) is 12.6. The zero-order valence-corrected chi connectivity index (χ0v) is 18.6. The average molecular weight is 446 g/mol. The van der Waals surface area contributed by atoms with Crippen LogP contribution in [0.5, 0.6) is 5.75 Å². The Morgan fingerprint density at radius 1 is 1.03 bits per heavy atom. The summed E-state index contributed by atoms with van der Waals surface area (Å²) >= 11 is 0. The van der Waals surface area contributed by atoms with Gasteiger partial charge in [-0.2, -0.15) is 4.31 Å². The van der Waals surface area contributed by atoms with Crippen molar-refractivity contribution in [3.05, 3.63) is 59.7 Å². The molecule has 0 aliphatic carbocycles. The van der Waals surface area contributed by atoms with Gasteiger partial charge in [0.25, 0.3) is 0 Å². The van der Waals surface area contributed by atoms with E-state index >= 15 is 0 Å². The van der Waals surface area contributed by atoms with E-state index in [2.05, 4.69) is 0 Å². The molecule has 166 valence electrons. The Labute approximate surface area is 183 Å². The van der Waals surface area contributed by atoms with Gasteiger partial charge in [-0.15, -0.1) is 0 Å². The van der Waals surface area contributed by atoms with Crippen molar-refractivity contribution >= 4 is 21.8 Å². The van der Waals surface area contributed by atoms with Gasteiger partial charge in [0.05, 0.1) is 16.0 Å². The van der Waals surface area contributed by atoms with Crippen LogP contribution in [0.25, 0.3) is 0 Å². The van der Waals surface area contributed by atoms with Crippen molar-refractivity contribution in [2.45, 2.75) is 44.0 Å². The Balaban J connectivity index is 1.55. The molecule has 0 aromatic heterocycles. The number of ketones is 1. The first-order chi connectivity index (χ1) is 14.8. The number of esters is 1. The highest BCUT2D eigenvalue weighted by molar-refractivity contribution is 7.89. The fraction of sp³-hybridized carbons (Fsp3) is 0.391. The molecular weight excluding hydrogens is 418 g/mol. The Morgan fingerprint density at radius 3 is 2.42 bits per heavy atom. The number of nitrogens with zero attached hydrogens (tertiary/aromatic N) is 1. The third-order valence-electron chi connectivity index (χ3n) is 5.28. The molecule has 7 nitrogen and oxygen atoms in total. The highest BCUT2D eigenvalue weighted by Crippen LogP contribution is 2.25. The second-order valence-electron chi connectivity index (χ2n) is 7.52. The van der Waals surface area contributed by atoms with E-state index in [0.717, 1.165) is 19.3 Å². The first kappa shape index (κ1) is 23.0. The lowest BCUT2D eigenvalue weighted by Gasteiger charge is -2.32. The fourth-order valence-corrected chi connectivity index (χ4v) is 5.28. The molecule has 0 unspecified atom stereocenters. The number of para-hydroxylation sites is 1. The molecular formula is C23H27NO6S. The normalized spacial score (nSPS) is 17.2. The van der Waals surface area contributed by atoms with Crippen LogP contribution in [-0.2, 0) is 14.8 Å². The lowest BCUT2D eigenvalue weighted by molar-refractivity contribution is 0.0449. The fourth-order valence-electron chi connectivity index (χ4n) is 3.58. The van der Waals surface area contributed by atoms with Gasteiger partial charge in [-0.05, 0) is 63.1 Å². The number of sulfonamides is 1. The Morgan fingerprint density at radius 2 is 1.74 bits per heavy atom. The maximum absolute atomic E-state index is 12.9. The van der Waals surface area contributed by atoms with Crippen LogP contribution in [0.15, 0.2) is 53.4 Å². The number of rotatable bonds is 8. The van der Waals surface area contributed by atoms with Crippen molar-refractivity contribution in [3.63, 3.8) is 0 Å². The summed E-state index contributed by atoms with van der Waals surface area (Å²) < 4.78 is 38.0. The van der Waals surface area contributed by atoms with Crippen LogP contribution in [0.3, 0.4) is 0 Å². The number of Topliss-reactive ketones (excluding diaryl/α,β-unsaturated/α-hetero) is 1. The summed E-state index contributed by atoms with van der Waals surface area (Å²) in [5.41, 5.74) is 0.725. The maximum Gasteiger partial charge on any atom is 0.338 e. The van der Waals surface area contributed by atoms with E-state index < -0.39 is 16.0 Å². The smallest absolute Gasteiger partial charge is 0.338 e. The number of benzene rings is 2. The number of ether oxygens (including phenoxy) is 2. The molecule has 1 heterocycles. The lowest BCUT2D eigenvalue weighted by atomic mass is 10.1. The molecule has 2 aromatic carbocycles. The maximum atomic E-state index is 12.9. The van der Waals surface area contributed by atoms with Crippen LogP contribution in [0.2, 0.25) is 0 Å². The summed E-state index contributed by atoms with van der Waals surface area (Å²) in [7, 11) is -3.58. The molecule has 0 radical (unpaired) electrons. The molecule has 1 atom stereocenters. The second-order valence-corrected chi connectivity index (χ2v) is 9.41. The van der Waals surface area contributed by atoms with Crippen molar-refractivity contribution in [1.29, 1.82) is 0 Å². The highest BCUT2D eigenvalue weighted by Gasteiger charge is 2.30. The van der Waals surface area contributed by atoms with Crippen molar-refractivity contribution in [2.75, 3.05) is 19.8 Å². The van der Waals surface area contributed by atoms with Crippen molar-refractivity contribution in [3.8, 4) is 5.75 Å². The molecule has 0 amide bonds. The van der Waals surface area contributed by atoms with Crippen molar-refractivity contribution in [2.24, 2.45) is 0 Å². The number of carbonyl (C=O) groups excluding carboxylic acids is 2. The van der Waals surface area contributed by atoms with Crippen LogP contribution in [0.4, 0.5) is 0 Å². The minimum atomic E-state index is -3.58. The largest absolute Gasteiger partial charge is 0.489 e. The molecule has 0 bridgehead atoms. The Bertz CT molecular complexity index is 1030. The van der Waals surface area contributed by atoms with Gasteiger partial charge >= 0.3 is 5.97 Å². The van der Waals surface area contributed by atoms with Gasteiger partial charge in [0.2, 0.25) is 10.0 Å². The Kier molecular flexibility index (Phi) is 7.46. The predicted octanol–water partition coefficient (Wildman–Crippen LogP) is 3.69. The molecule has 0 spiro atoms. The van der Waals surface area contributed by atoms with Crippen LogP contribution >= 0.6 is 0 Å². The lowest BCUT2D eigenvalue weighted by Crippen LogP contribution is -2.41. The van der Waals surface area contributed by atoms with Gasteiger partial charge in [-0.25, -0.2) is 13.2 Å². The van der Waals surface area contributed by atoms with E-state index in [-0.39, 0.29) is 35.5 Å². The second kappa shape index (κ2) is 10.1. The van der Waals surface area contributed by atoms with Gasteiger partial charge in [-0.3, -0.25) is 4.79 Å². The standard InChI is InChI=1S/C23H27NO6S/c1-17-7-5-6-14-24(17)31(27,28)20-12-10-19(11-13-20)23(26)30-16-15-29-22-9-4-3-8-21(22)18(2)25/h3-4,8-13,17H,5-7,14-16H2,1-2H3/t17-/m1/s1. The van der Waals surface area contributed by atoms with E-state index in [1.807, 2.05) is 6.92 Å². The van der Waals surface area contributed by atoms with Crippen LogP contribution < -0.4 is 4.74 Å². The molecule has 3 rings (SSSR count). The quantitative estimate of drug-likeness (QED) is 0.350. The van der Waals surface area contributed by atoms with E-state index in [0.29, 0.717) is 17.9 Å². The molecule has 1 fully saturated rings. The zero-order chi connectivity index (χ0) is 22.4. The van der Waals surface area contributed by atoms with Gasteiger partial charge < -0.3 is 9.47 Å². The summed E-state index contributed by atoms with van der Waals surface area (Å²) in [6.07, 6.45) is 2.73. The van der Waals surface area contributed by atoms with Gasteiger partial charge in [0, 0.05) is 12.6 Å². The van der Waals surface area contributed by atoms with Crippen molar-refractivity contribution in [1.82, 2.24) is 4.31 Å². The summed E-state index contributed by atoms with van der Waals surface area (Å²) in [5, 5.41) is 0. The summed E-state index contributed by atoms with van der Waals surface area (Å²) in [5.74, 6) is -0.243. The first-order valence-corrected chi connectivity index (χ1v) is 11.8. The topological polar surface area (TPSA) is 90.0 Å². The van der Waals surface area contributed by atoms with Gasteiger partial charge in [0.15, 0.2) is 5.78 Å². The molecule has 8 heteroatoms. The monoisotopic (exact) mass is 445 g/mol. The molecule has 1 aliphatic rings. The third kappa shape index (κ3) is 5.51. The molecule has 1 aliphatic heterocycles. The number of carbonyl (C=O) groups is 2. The van der Waals surface area contributed by atoms with Crippen LogP contribution in [0, 0.1) is 0 Å². The van der Waals surface area contributed by atoms with Gasteiger partial charge in [0.1, 0.15) is 19.0 Å². The zero-order valence-electron chi connectivity index (χ0n) is 17.7. The van der Waals surface area contributed by atoms with E-state index in [1.54, 1.807) is 24.3 Å². The van der Waals surface area contributed by atoms with E-state index in [9.17, 15) is 18.0 Å². The average Bonchev–Trinajstić information content (AvgIpc) is 2.77. The predicted molar refractivity (Wildman–Crippen MR) is 116 cm³/mol. The van der Waals surface area contributed by atoms with E-state index in [4.69, 9.17) is 9.47 Å². The molecule has 0 saturated carbocycles. The Hall–Kier alpha value is -2.71. The number of hydrogen-bond donors (Lipinski definition) is 0.